The SMILES string of the molecule is CC(C)CCC[C@@H](CO)[C@H]1CC[C@H]2[C@@H]3C[C@@H](O)[C@H]4C[C@H](OS(=O)(=O)[O-])CC[C@]4(C)[C@H]3C[C@@H](O[C@@H]3O[C@H](CO)[C@@H](O)[C@H](O)[C@H]3O)[C@]12C.[Na+]. The standard InChI is InChI=1S/C33H58O12S.Na/c1-17(2)6-5-7-18(15-34)21-8-9-22-20-13-25(36)24-12-19(45-46(40,41)42)10-11-32(24,3)23(20)14-27(33(21,22)4)44-31-30(39)29(38)28(37)26(16-35)43-31;/h17-31,34-39H,5-16H2,1-4H3,(H,40,41,42);/q;+1/p-1/t18-,19+,20-,21+,22-,23-,24+,25+,26+,27+,28+,29-,30+,31-,32+,33+;/m0./s1. The smallest absolute Gasteiger partial charge is 0.726 e. The molecule has 12 nitrogen and oxygen atoms in total. The van der Waals surface area contributed by atoms with Gasteiger partial charge in [-0.3, -0.25) is 4.18 Å². The third-order valence-electron chi connectivity index (χ3n) is 13.3. The van der Waals surface area contributed by atoms with Gasteiger partial charge in [-0.05, 0) is 98.2 Å². The van der Waals surface area contributed by atoms with Gasteiger partial charge in [-0.25, -0.2) is 8.42 Å². The van der Waals surface area contributed by atoms with Gasteiger partial charge >= 0.3 is 29.6 Å². The van der Waals surface area contributed by atoms with Gasteiger partial charge in [0.25, 0.3) is 0 Å². The van der Waals surface area contributed by atoms with Gasteiger partial charge in [0.05, 0.1) is 24.9 Å². The van der Waals surface area contributed by atoms with Crippen LogP contribution in [-0.2, 0) is 24.1 Å². The molecule has 5 fully saturated rings. The van der Waals surface area contributed by atoms with Crippen LogP contribution in [0.25, 0.3) is 0 Å². The first-order valence-electron chi connectivity index (χ1n) is 17.4. The second-order valence-corrected chi connectivity index (χ2v) is 17.1. The van der Waals surface area contributed by atoms with Crippen LogP contribution >= 0.6 is 0 Å². The summed E-state index contributed by atoms with van der Waals surface area (Å²) in [5, 5.41) is 64.1. The van der Waals surface area contributed by atoms with Gasteiger partial charge < -0.3 is 44.7 Å². The Hall–Kier alpha value is 0.550. The summed E-state index contributed by atoms with van der Waals surface area (Å²) >= 11 is 0. The van der Waals surface area contributed by atoms with Crippen molar-refractivity contribution in [3.63, 3.8) is 0 Å². The number of aliphatic hydroxyl groups excluding tert-OH is 6. The maximum atomic E-state index is 11.6. The fraction of sp³-hybridized carbons (Fsp3) is 1.00. The van der Waals surface area contributed by atoms with Crippen LogP contribution in [0.5, 0.6) is 0 Å². The molecule has 4 aliphatic carbocycles. The minimum Gasteiger partial charge on any atom is -0.726 e. The van der Waals surface area contributed by atoms with Gasteiger partial charge in [0.2, 0.25) is 10.4 Å². The zero-order chi connectivity index (χ0) is 33.8. The van der Waals surface area contributed by atoms with Gasteiger partial charge in [-0.15, -0.1) is 0 Å². The molecular weight excluding hydrogens is 643 g/mol. The van der Waals surface area contributed by atoms with Gasteiger partial charge in [-0.1, -0.05) is 40.5 Å². The molecule has 0 bridgehead atoms. The largest absolute Gasteiger partial charge is 1.00 e. The van der Waals surface area contributed by atoms with Crippen molar-refractivity contribution >= 4 is 10.4 Å². The Bertz CT molecular complexity index is 1140. The van der Waals surface area contributed by atoms with Crippen LogP contribution in [-0.4, -0.2) is 106 Å². The summed E-state index contributed by atoms with van der Waals surface area (Å²) in [5.74, 6) is 0.709. The molecule has 5 rings (SSSR count). The van der Waals surface area contributed by atoms with E-state index in [0.29, 0.717) is 31.6 Å². The zero-order valence-electron chi connectivity index (χ0n) is 28.7. The van der Waals surface area contributed by atoms with Crippen molar-refractivity contribution in [2.45, 2.75) is 141 Å². The van der Waals surface area contributed by atoms with E-state index in [1.165, 1.54) is 0 Å². The van der Waals surface area contributed by atoms with Gasteiger partial charge in [0.15, 0.2) is 6.29 Å². The van der Waals surface area contributed by atoms with Crippen molar-refractivity contribution in [1.82, 2.24) is 0 Å². The summed E-state index contributed by atoms with van der Waals surface area (Å²) in [7, 11) is -4.88. The van der Waals surface area contributed by atoms with E-state index in [4.69, 9.17) is 13.7 Å². The van der Waals surface area contributed by atoms with Crippen molar-refractivity contribution in [2.24, 2.45) is 52.3 Å². The number of aliphatic hydroxyl groups is 6. The Morgan fingerprint density at radius 1 is 0.915 bits per heavy atom. The molecule has 16 atom stereocenters. The molecule has 1 aliphatic heterocycles. The number of hydrogen-bond acceptors (Lipinski definition) is 12. The van der Waals surface area contributed by atoms with Crippen molar-refractivity contribution in [3.05, 3.63) is 0 Å². The van der Waals surface area contributed by atoms with E-state index in [9.17, 15) is 43.6 Å². The van der Waals surface area contributed by atoms with Crippen molar-refractivity contribution in [3.8, 4) is 0 Å². The molecule has 0 radical (unpaired) electrons. The molecule has 14 heteroatoms. The molecule has 0 aromatic heterocycles. The summed E-state index contributed by atoms with van der Waals surface area (Å²) < 4.78 is 51.7. The predicted molar refractivity (Wildman–Crippen MR) is 164 cm³/mol. The number of fused-ring (bicyclic) bond motifs is 5. The normalized spacial score (nSPS) is 47.4. The molecule has 0 aromatic carbocycles. The van der Waals surface area contributed by atoms with E-state index in [0.717, 1.165) is 32.1 Å². The summed E-state index contributed by atoms with van der Waals surface area (Å²) in [6.07, 6.45) is -2.05. The van der Waals surface area contributed by atoms with Crippen LogP contribution < -0.4 is 29.6 Å². The fourth-order valence-corrected chi connectivity index (χ4v) is 11.5. The molecule has 5 aliphatic rings. The van der Waals surface area contributed by atoms with Gasteiger partial charge in [0.1, 0.15) is 24.4 Å². The molecular formula is C33H57NaO12S. The summed E-state index contributed by atoms with van der Waals surface area (Å²) in [4.78, 5) is 0. The maximum Gasteiger partial charge on any atom is 1.00 e. The molecule has 4 saturated carbocycles. The average molecular weight is 701 g/mol. The Kier molecular flexibility index (Phi) is 13.4. The molecule has 0 aromatic rings. The van der Waals surface area contributed by atoms with Crippen LogP contribution in [0.2, 0.25) is 0 Å². The molecule has 0 unspecified atom stereocenters. The minimum atomic E-state index is -4.88. The number of hydrogen-bond donors (Lipinski definition) is 6. The van der Waals surface area contributed by atoms with Crippen molar-refractivity contribution < 1.29 is 86.8 Å². The topological polar surface area (TPSA) is 206 Å². The number of rotatable bonds is 11. The van der Waals surface area contributed by atoms with Crippen LogP contribution in [0.4, 0.5) is 0 Å². The summed E-state index contributed by atoms with van der Waals surface area (Å²) in [6.45, 7) is 8.20. The zero-order valence-corrected chi connectivity index (χ0v) is 31.5. The number of ether oxygens (including phenoxy) is 2. The van der Waals surface area contributed by atoms with Gasteiger partial charge in [-0.2, -0.15) is 0 Å². The Balaban J connectivity index is 0.00000500. The minimum absolute atomic E-state index is 0. The third kappa shape index (κ3) is 7.84. The second kappa shape index (κ2) is 15.7. The second-order valence-electron chi connectivity index (χ2n) is 16.1. The van der Waals surface area contributed by atoms with Gasteiger partial charge in [0, 0.05) is 12.0 Å². The first-order chi connectivity index (χ1) is 21.5. The van der Waals surface area contributed by atoms with E-state index in [2.05, 4.69) is 27.7 Å². The third-order valence-corrected chi connectivity index (χ3v) is 13.8. The summed E-state index contributed by atoms with van der Waals surface area (Å²) in [5.41, 5.74) is -0.871. The van der Waals surface area contributed by atoms with Crippen LogP contribution in [0.15, 0.2) is 0 Å². The first kappa shape index (κ1) is 40.3. The van der Waals surface area contributed by atoms with Crippen molar-refractivity contribution in [2.75, 3.05) is 13.2 Å². The van der Waals surface area contributed by atoms with E-state index < -0.39 is 76.9 Å². The monoisotopic (exact) mass is 700 g/mol. The van der Waals surface area contributed by atoms with Crippen LogP contribution in [0.1, 0.15) is 91.9 Å². The van der Waals surface area contributed by atoms with Crippen LogP contribution in [0, 0.1) is 52.3 Å². The van der Waals surface area contributed by atoms with E-state index in [1.807, 2.05) is 0 Å². The fourth-order valence-electron chi connectivity index (χ4n) is 11.0. The molecule has 0 amide bonds. The van der Waals surface area contributed by atoms with E-state index in [-0.39, 0.29) is 78.1 Å². The Morgan fingerprint density at radius 2 is 1.62 bits per heavy atom. The van der Waals surface area contributed by atoms with Crippen LogP contribution in [0.3, 0.4) is 0 Å². The molecule has 6 N–H and O–H groups in total. The molecule has 0 spiro atoms. The Labute approximate surface area is 302 Å². The Morgan fingerprint density at radius 3 is 2.23 bits per heavy atom. The molecule has 47 heavy (non-hydrogen) atoms. The van der Waals surface area contributed by atoms with Crippen molar-refractivity contribution in [1.29, 1.82) is 0 Å². The molecule has 1 saturated heterocycles. The first-order valence-corrected chi connectivity index (χ1v) is 18.8. The predicted octanol–water partition coefficient (Wildman–Crippen LogP) is -1.30. The molecule has 268 valence electrons. The van der Waals surface area contributed by atoms with E-state index >= 15 is 0 Å². The quantitative estimate of drug-likeness (QED) is 0.0644. The molecule has 1 heterocycles. The van der Waals surface area contributed by atoms with E-state index in [1.54, 1.807) is 0 Å². The summed E-state index contributed by atoms with van der Waals surface area (Å²) in [6, 6.07) is 0. The maximum absolute atomic E-state index is 11.6. The average Bonchev–Trinajstić information content (AvgIpc) is 3.34.